The van der Waals surface area contributed by atoms with E-state index in [1.165, 1.54) is 0 Å². The van der Waals surface area contributed by atoms with E-state index in [1.54, 1.807) is 0 Å². The van der Waals surface area contributed by atoms with E-state index >= 15 is 0 Å². The summed E-state index contributed by atoms with van der Waals surface area (Å²) in [6.07, 6.45) is 2.17. The Labute approximate surface area is 137 Å². The van der Waals surface area contributed by atoms with Crippen LogP contribution >= 0.6 is 0 Å². The third kappa shape index (κ3) is 3.09. The van der Waals surface area contributed by atoms with Gasteiger partial charge in [0.05, 0.1) is 11.2 Å². The molecule has 3 heteroatoms. The molecule has 1 aromatic rings. The first-order chi connectivity index (χ1) is 9.76. The van der Waals surface area contributed by atoms with Crippen LogP contribution in [-0.4, -0.2) is 15.0 Å². The molecule has 0 aliphatic heterocycles. The van der Waals surface area contributed by atoms with Crippen LogP contribution in [0.5, 0.6) is 0 Å². The van der Waals surface area contributed by atoms with E-state index in [9.17, 15) is 0 Å². The summed E-state index contributed by atoms with van der Waals surface area (Å²) in [5, 5.41) is 9.05. The zero-order valence-corrected chi connectivity index (χ0v) is 16.7. The Balaban J connectivity index is 3.22. The maximum absolute atomic E-state index is 4.56. The highest BCUT2D eigenvalue weighted by atomic mass is 15.4. The number of hydrogen-bond donors (Lipinski definition) is 0. The lowest BCUT2D eigenvalue weighted by molar-refractivity contribution is 0.122. The third-order valence-electron chi connectivity index (χ3n) is 6.89. The second-order valence-corrected chi connectivity index (χ2v) is 9.24. The predicted octanol–water partition coefficient (Wildman–Crippen LogP) is 5.27. The Morgan fingerprint density at radius 1 is 0.909 bits per heavy atom. The van der Waals surface area contributed by atoms with E-state index in [0.29, 0.717) is 17.8 Å². The minimum Gasteiger partial charge on any atom is -0.246 e. The molecule has 0 aliphatic carbocycles. The summed E-state index contributed by atoms with van der Waals surface area (Å²) in [5.41, 5.74) is 1.20. The van der Waals surface area contributed by atoms with Gasteiger partial charge in [0.1, 0.15) is 0 Å². The lowest BCUT2D eigenvalue weighted by Gasteiger charge is -2.43. The molecule has 0 fully saturated rings. The molecular formula is C19H37N3. The van der Waals surface area contributed by atoms with Gasteiger partial charge in [-0.25, -0.2) is 4.68 Å². The number of aromatic nitrogens is 3. The smallest absolute Gasteiger partial charge is 0.0888 e. The van der Waals surface area contributed by atoms with Crippen LogP contribution in [0.1, 0.15) is 81.9 Å². The zero-order valence-electron chi connectivity index (χ0n) is 16.7. The molecule has 0 radical (unpaired) electrons. The Bertz CT molecular complexity index is 493. The van der Waals surface area contributed by atoms with Crippen molar-refractivity contribution < 1.29 is 0 Å². The van der Waals surface area contributed by atoms with Crippen molar-refractivity contribution >= 4 is 0 Å². The monoisotopic (exact) mass is 307 g/mol. The van der Waals surface area contributed by atoms with E-state index in [4.69, 9.17) is 0 Å². The van der Waals surface area contributed by atoms with Crippen molar-refractivity contribution in [1.29, 1.82) is 0 Å². The second kappa shape index (κ2) is 5.98. The highest BCUT2D eigenvalue weighted by Gasteiger charge is 2.43. The van der Waals surface area contributed by atoms with Crippen LogP contribution in [0.4, 0.5) is 0 Å². The summed E-state index contributed by atoms with van der Waals surface area (Å²) in [4.78, 5) is 0. The largest absolute Gasteiger partial charge is 0.246 e. The summed E-state index contributed by atoms with van der Waals surface area (Å²) in [5.74, 6) is 1.72. The fourth-order valence-corrected chi connectivity index (χ4v) is 2.91. The zero-order chi connectivity index (χ0) is 17.5. The molecule has 0 aromatic carbocycles. The molecular weight excluding hydrogens is 270 g/mol. The molecule has 22 heavy (non-hydrogen) atoms. The summed E-state index contributed by atoms with van der Waals surface area (Å²) in [6, 6.07) is 0. The van der Waals surface area contributed by atoms with Crippen molar-refractivity contribution in [3.8, 4) is 0 Å². The lowest BCUT2D eigenvalue weighted by atomic mass is 9.61. The van der Waals surface area contributed by atoms with Gasteiger partial charge in [0.25, 0.3) is 0 Å². The summed E-state index contributed by atoms with van der Waals surface area (Å²) >= 11 is 0. The van der Waals surface area contributed by atoms with Crippen molar-refractivity contribution in [1.82, 2.24) is 15.0 Å². The molecule has 1 atom stereocenters. The molecule has 1 aromatic heterocycles. The minimum atomic E-state index is -0.0303. The highest BCUT2D eigenvalue weighted by Crippen LogP contribution is 2.46. The molecule has 128 valence electrons. The van der Waals surface area contributed by atoms with Crippen molar-refractivity contribution in [3.63, 3.8) is 0 Å². The van der Waals surface area contributed by atoms with Gasteiger partial charge in [0.2, 0.25) is 0 Å². The van der Waals surface area contributed by atoms with Crippen molar-refractivity contribution in [2.75, 3.05) is 0 Å². The van der Waals surface area contributed by atoms with Crippen molar-refractivity contribution in [2.45, 2.75) is 87.1 Å². The third-order valence-corrected chi connectivity index (χ3v) is 6.89. The van der Waals surface area contributed by atoms with Crippen LogP contribution < -0.4 is 0 Å². The molecule has 1 rings (SSSR count). The average molecular weight is 308 g/mol. The number of rotatable bonds is 6. The van der Waals surface area contributed by atoms with Gasteiger partial charge in [-0.1, -0.05) is 67.5 Å². The van der Waals surface area contributed by atoms with Gasteiger partial charge in [-0.3, -0.25) is 0 Å². The van der Waals surface area contributed by atoms with E-state index in [2.05, 4.69) is 97.4 Å². The van der Waals surface area contributed by atoms with Crippen LogP contribution in [0.25, 0.3) is 0 Å². The van der Waals surface area contributed by atoms with Gasteiger partial charge >= 0.3 is 0 Å². The molecule has 0 saturated heterocycles. The topological polar surface area (TPSA) is 30.7 Å². The van der Waals surface area contributed by atoms with Gasteiger partial charge in [-0.2, -0.15) is 0 Å². The fraction of sp³-hybridized carbons (Fsp3) is 0.895. The van der Waals surface area contributed by atoms with Gasteiger partial charge in [-0.05, 0) is 37.0 Å². The molecule has 0 bridgehead atoms. The van der Waals surface area contributed by atoms with Gasteiger partial charge in [0, 0.05) is 11.6 Å². The predicted molar refractivity (Wildman–Crippen MR) is 95.0 cm³/mol. The SMILES string of the molecule is CC(C)C(C)C(C)(C)n1cc(C(C)(C)C(C)(C)C(C)C)nn1. The fourth-order valence-electron chi connectivity index (χ4n) is 2.91. The molecule has 0 spiro atoms. The van der Waals surface area contributed by atoms with Crippen LogP contribution in [-0.2, 0) is 11.0 Å². The first-order valence-corrected chi connectivity index (χ1v) is 8.69. The maximum atomic E-state index is 4.56. The Kier molecular flexibility index (Phi) is 5.21. The van der Waals surface area contributed by atoms with Crippen molar-refractivity contribution in [3.05, 3.63) is 11.9 Å². The van der Waals surface area contributed by atoms with Crippen LogP contribution in [0, 0.1) is 23.2 Å². The second-order valence-electron chi connectivity index (χ2n) is 9.24. The average Bonchev–Trinajstić information content (AvgIpc) is 2.87. The molecule has 0 aliphatic rings. The molecule has 0 saturated carbocycles. The maximum Gasteiger partial charge on any atom is 0.0888 e. The lowest BCUT2D eigenvalue weighted by Crippen LogP contribution is -2.41. The molecule has 1 heterocycles. The Morgan fingerprint density at radius 2 is 1.41 bits per heavy atom. The minimum absolute atomic E-state index is 0.0173. The van der Waals surface area contributed by atoms with Crippen LogP contribution in [0.15, 0.2) is 6.20 Å². The number of nitrogens with zero attached hydrogens (tertiary/aromatic N) is 3. The molecule has 1 unspecified atom stereocenters. The van der Waals surface area contributed by atoms with Gasteiger partial charge < -0.3 is 0 Å². The van der Waals surface area contributed by atoms with E-state index < -0.39 is 0 Å². The van der Waals surface area contributed by atoms with E-state index in [0.717, 1.165) is 5.69 Å². The molecule has 0 amide bonds. The normalized spacial score (nSPS) is 15.7. The van der Waals surface area contributed by atoms with E-state index in [1.807, 2.05) is 0 Å². The summed E-state index contributed by atoms with van der Waals surface area (Å²) in [6.45, 7) is 25.2. The quantitative estimate of drug-likeness (QED) is 0.717. The van der Waals surface area contributed by atoms with Crippen molar-refractivity contribution in [2.24, 2.45) is 23.2 Å². The Morgan fingerprint density at radius 3 is 1.82 bits per heavy atom. The molecule has 0 N–H and O–H groups in total. The Hall–Kier alpha value is -0.860. The van der Waals surface area contributed by atoms with E-state index in [-0.39, 0.29) is 16.4 Å². The standard InChI is InChI=1S/C19H37N3/c1-13(2)15(5)19(10,11)22-12-16(20-21-22)18(8,9)17(6,7)14(3)4/h12-15H,1-11H3. The summed E-state index contributed by atoms with van der Waals surface area (Å²) in [7, 11) is 0. The van der Waals surface area contributed by atoms with Gasteiger partial charge in [0.15, 0.2) is 0 Å². The van der Waals surface area contributed by atoms with Crippen LogP contribution in [0.2, 0.25) is 0 Å². The first-order valence-electron chi connectivity index (χ1n) is 8.69. The van der Waals surface area contributed by atoms with Gasteiger partial charge in [-0.15, -0.1) is 5.10 Å². The molecule has 3 nitrogen and oxygen atoms in total. The summed E-state index contributed by atoms with van der Waals surface area (Å²) < 4.78 is 2.07. The number of hydrogen-bond acceptors (Lipinski definition) is 2. The van der Waals surface area contributed by atoms with Crippen LogP contribution in [0.3, 0.4) is 0 Å². The highest BCUT2D eigenvalue weighted by molar-refractivity contribution is 5.15. The first kappa shape index (κ1) is 19.2.